The largest absolute Gasteiger partial charge is 0.497 e. The van der Waals surface area contributed by atoms with Crippen LogP contribution in [-0.2, 0) is 11.2 Å². The number of unbranched alkanes of at least 4 members (excludes halogenated alkanes) is 1. The van der Waals surface area contributed by atoms with E-state index < -0.39 is 0 Å². The van der Waals surface area contributed by atoms with Gasteiger partial charge < -0.3 is 4.74 Å². The number of aryl methyl sites for hydroxylation is 1. The summed E-state index contributed by atoms with van der Waals surface area (Å²) >= 11 is 2.92. The second kappa shape index (κ2) is 8.75. The number of methoxy groups -OCH3 is 1. The number of thioether (sulfide) groups is 1. The number of nitrogens with one attached hydrogen (secondary N) is 1. The van der Waals surface area contributed by atoms with Crippen molar-refractivity contribution in [1.29, 1.82) is 0 Å². The van der Waals surface area contributed by atoms with Gasteiger partial charge in [-0.05, 0) is 30.7 Å². The van der Waals surface area contributed by atoms with Crippen molar-refractivity contribution < 1.29 is 9.53 Å². The minimum absolute atomic E-state index is 0.0704. The predicted molar refractivity (Wildman–Crippen MR) is 90.9 cm³/mol. The lowest BCUT2D eigenvalue weighted by molar-refractivity contribution is -0.113. The van der Waals surface area contributed by atoms with Crippen molar-refractivity contribution in [3.05, 3.63) is 29.3 Å². The van der Waals surface area contributed by atoms with Gasteiger partial charge in [0.1, 0.15) is 10.8 Å². The van der Waals surface area contributed by atoms with Crippen molar-refractivity contribution in [2.24, 2.45) is 0 Å². The summed E-state index contributed by atoms with van der Waals surface area (Å²) in [5.74, 6) is 1.08. The van der Waals surface area contributed by atoms with Gasteiger partial charge in [-0.1, -0.05) is 24.7 Å². The Kier molecular flexibility index (Phi) is 6.67. The normalized spacial score (nSPS) is 10.5. The Morgan fingerprint density at radius 1 is 1.32 bits per heavy atom. The van der Waals surface area contributed by atoms with E-state index in [1.54, 1.807) is 7.11 Å². The molecule has 1 heterocycles. The number of rotatable bonds is 8. The molecular formula is C15H19N3O2S2. The maximum Gasteiger partial charge on any atom is 0.236 e. The minimum atomic E-state index is -0.0704. The molecule has 22 heavy (non-hydrogen) atoms. The van der Waals surface area contributed by atoms with Gasteiger partial charge in [0, 0.05) is 11.3 Å². The van der Waals surface area contributed by atoms with Crippen molar-refractivity contribution in [2.45, 2.75) is 31.1 Å². The van der Waals surface area contributed by atoms with E-state index in [1.165, 1.54) is 23.1 Å². The highest BCUT2D eigenvalue weighted by atomic mass is 32.2. The predicted octanol–water partition coefficient (Wildman–Crippen LogP) is 3.62. The smallest absolute Gasteiger partial charge is 0.236 e. The standard InChI is InChI=1S/C15H19N3O2S2/c1-3-4-5-14-17-18-15(22-14)16-13(19)10-21-12-8-6-11(20-2)7-9-12/h6-9H,3-5,10H2,1-2H3,(H,16,18,19). The molecule has 5 nitrogen and oxygen atoms in total. The molecule has 0 aliphatic carbocycles. The van der Waals surface area contributed by atoms with E-state index in [1.807, 2.05) is 24.3 Å². The zero-order valence-electron chi connectivity index (χ0n) is 12.7. The topological polar surface area (TPSA) is 64.1 Å². The monoisotopic (exact) mass is 337 g/mol. The molecule has 7 heteroatoms. The molecule has 0 atom stereocenters. The van der Waals surface area contributed by atoms with Crippen LogP contribution in [0.15, 0.2) is 29.2 Å². The van der Waals surface area contributed by atoms with E-state index in [2.05, 4.69) is 22.4 Å². The third kappa shape index (κ3) is 5.31. The van der Waals surface area contributed by atoms with E-state index in [4.69, 9.17) is 4.74 Å². The van der Waals surface area contributed by atoms with Gasteiger partial charge in [-0.25, -0.2) is 0 Å². The van der Waals surface area contributed by atoms with Crippen LogP contribution in [0.5, 0.6) is 5.75 Å². The fourth-order valence-corrected chi connectivity index (χ4v) is 3.21. The molecule has 0 spiro atoms. The molecule has 0 radical (unpaired) electrons. The lowest BCUT2D eigenvalue weighted by atomic mass is 10.3. The number of benzene rings is 1. The van der Waals surface area contributed by atoms with Gasteiger partial charge in [0.25, 0.3) is 0 Å². The first kappa shape index (κ1) is 16.8. The fourth-order valence-electron chi connectivity index (χ4n) is 1.71. The molecule has 1 N–H and O–H groups in total. The third-order valence-electron chi connectivity index (χ3n) is 2.89. The van der Waals surface area contributed by atoms with Crippen LogP contribution in [-0.4, -0.2) is 29.0 Å². The van der Waals surface area contributed by atoms with E-state index >= 15 is 0 Å². The van der Waals surface area contributed by atoms with E-state index in [9.17, 15) is 4.79 Å². The van der Waals surface area contributed by atoms with Crippen molar-refractivity contribution in [3.8, 4) is 5.75 Å². The summed E-state index contributed by atoms with van der Waals surface area (Å²) in [7, 11) is 1.63. The Hall–Kier alpha value is -1.60. The van der Waals surface area contributed by atoms with Gasteiger partial charge in [-0.3, -0.25) is 10.1 Å². The molecule has 0 saturated heterocycles. The fraction of sp³-hybridized carbons (Fsp3) is 0.400. The summed E-state index contributed by atoms with van der Waals surface area (Å²) in [5, 5.41) is 12.4. The molecule has 1 aromatic carbocycles. The first-order chi connectivity index (χ1) is 10.7. The summed E-state index contributed by atoms with van der Waals surface area (Å²) in [6, 6.07) is 7.63. The van der Waals surface area contributed by atoms with Crippen LogP contribution in [0.25, 0.3) is 0 Å². The number of hydrogen-bond acceptors (Lipinski definition) is 6. The molecule has 0 saturated carbocycles. The number of amides is 1. The molecule has 0 fully saturated rings. The summed E-state index contributed by atoms with van der Waals surface area (Å²) in [4.78, 5) is 12.9. The number of nitrogens with zero attached hydrogens (tertiary/aromatic N) is 2. The molecule has 1 amide bonds. The molecule has 0 unspecified atom stereocenters. The van der Waals surface area contributed by atoms with E-state index in [0.717, 1.165) is 34.9 Å². The molecular weight excluding hydrogens is 318 g/mol. The van der Waals surface area contributed by atoms with Gasteiger partial charge >= 0.3 is 0 Å². The minimum Gasteiger partial charge on any atom is -0.497 e. The quantitative estimate of drug-likeness (QED) is 0.745. The zero-order valence-corrected chi connectivity index (χ0v) is 14.3. The SMILES string of the molecule is CCCCc1nnc(NC(=O)CSc2ccc(OC)cc2)s1. The van der Waals surface area contributed by atoms with E-state index in [0.29, 0.717) is 10.9 Å². The average Bonchev–Trinajstić information content (AvgIpc) is 2.98. The molecule has 2 aromatic rings. The van der Waals surface area contributed by atoms with Crippen LogP contribution in [0.1, 0.15) is 24.8 Å². The highest BCUT2D eigenvalue weighted by Crippen LogP contribution is 2.22. The average molecular weight is 337 g/mol. The van der Waals surface area contributed by atoms with Crippen molar-refractivity contribution in [2.75, 3.05) is 18.2 Å². The number of ether oxygens (including phenoxy) is 1. The van der Waals surface area contributed by atoms with Crippen molar-refractivity contribution in [1.82, 2.24) is 10.2 Å². The summed E-state index contributed by atoms with van der Waals surface area (Å²) in [6.45, 7) is 2.14. The zero-order chi connectivity index (χ0) is 15.8. The van der Waals surface area contributed by atoms with Gasteiger partial charge in [0.15, 0.2) is 0 Å². The first-order valence-corrected chi connectivity index (χ1v) is 8.90. The second-order valence-corrected chi connectivity index (χ2v) is 6.73. The summed E-state index contributed by atoms with van der Waals surface area (Å²) in [6.07, 6.45) is 3.14. The summed E-state index contributed by atoms with van der Waals surface area (Å²) in [5.41, 5.74) is 0. The van der Waals surface area contributed by atoms with Gasteiger partial charge in [-0.2, -0.15) is 0 Å². The van der Waals surface area contributed by atoms with Crippen LogP contribution < -0.4 is 10.1 Å². The summed E-state index contributed by atoms with van der Waals surface area (Å²) < 4.78 is 5.10. The Balaban J connectivity index is 1.78. The maximum atomic E-state index is 11.9. The van der Waals surface area contributed by atoms with Gasteiger partial charge in [-0.15, -0.1) is 22.0 Å². The Morgan fingerprint density at radius 2 is 2.09 bits per heavy atom. The molecule has 2 rings (SSSR count). The van der Waals surface area contributed by atoms with E-state index in [-0.39, 0.29) is 5.91 Å². The number of carbonyl (C=O) groups excluding carboxylic acids is 1. The molecule has 1 aromatic heterocycles. The number of carbonyl (C=O) groups is 1. The lowest BCUT2D eigenvalue weighted by Gasteiger charge is -2.03. The lowest BCUT2D eigenvalue weighted by Crippen LogP contribution is -2.13. The van der Waals surface area contributed by atoms with Crippen molar-refractivity contribution in [3.63, 3.8) is 0 Å². The highest BCUT2D eigenvalue weighted by molar-refractivity contribution is 8.00. The Labute approximate surface area is 138 Å². The second-order valence-electron chi connectivity index (χ2n) is 4.62. The third-order valence-corrected chi connectivity index (χ3v) is 4.80. The van der Waals surface area contributed by atoms with Gasteiger partial charge in [0.05, 0.1) is 12.9 Å². The van der Waals surface area contributed by atoms with Crippen LogP contribution in [0, 0.1) is 0 Å². The molecule has 0 aliphatic heterocycles. The molecule has 0 aliphatic rings. The van der Waals surface area contributed by atoms with Crippen LogP contribution in [0.4, 0.5) is 5.13 Å². The van der Waals surface area contributed by atoms with Crippen LogP contribution >= 0.6 is 23.1 Å². The highest BCUT2D eigenvalue weighted by Gasteiger charge is 2.08. The maximum absolute atomic E-state index is 11.9. The molecule has 0 bridgehead atoms. The Bertz CT molecular complexity index is 599. The first-order valence-electron chi connectivity index (χ1n) is 7.10. The number of hydrogen-bond donors (Lipinski definition) is 1. The molecule has 118 valence electrons. The van der Waals surface area contributed by atoms with Crippen LogP contribution in [0.3, 0.4) is 0 Å². The number of aromatic nitrogens is 2. The van der Waals surface area contributed by atoms with Gasteiger partial charge in [0.2, 0.25) is 11.0 Å². The van der Waals surface area contributed by atoms with Crippen LogP contribution in [0.2, 0.25) is 0 Å². The Morgan fingerprint density at radius 3 is 2.77 bits per heavy atom. The van der Waals surface area contributed by atoms with Crippen molar-refractivity contribution >= 4 is 34.1 Å². The number of anilines is 1.